The van der Waals surface area contributed by atoms with Crippen LogP contribution in [-0.4, -0.2) is 22.6 Å². The zero-order valence-corrected chi connectivity index (χ0v) is 11.6. The number of hydrogen-bond donors (Lipinski definition) is 1. The average molecular weight is 249 g/mol. The molecule has 1 aliphatic carbocycles. The molecule has 0 aliphatic heterocycles. The maximum Gasteiger partial charge on any atom is 0.221 e. The van der Waals surface area contributed by atoms with Gasteiger partial charge in [0.1, 0.15) is 12.1 Å². The Balaban J connectivity index is 2.06. The topological polar surface area (TPSA) is 47.0 Å². The van der Waals surface area contributed by atoms with E-state index in [1.54, 1.807) is 6.33 Å². The first-order chi connectivity index (χ1) is 8.72. The van der Waals surface area contributed by atoms with Gasteiger partial charge in [-0.3, -0.25) is 0 Å². The highest BCUT2D eigenvalue weighted by Gasteiger charge is 2.22. The molecule has 0 bridgehead atoms. The summed E-state index contributed by atoms with van der Waals surface area (Å²) in [5.41, 5.74) is 1.00. The molecular weight excluding hydrogens is 226 g/mol. The van der Waals surface area contributed by atoms with Gasteiger partial charge in [0, 0.05) is 6.04 Å². The average Bonchev–Trinajstić information content (AvgIpc) is 2.88. The normalized spacial score (nSPS) is 17.7. The third kappa shape index (κ3) is 2.92. The van der Waals surface area contributed by atoms with Crippen molar-refractivity contribution in [3.8, 4) is 5.88 Å². The molecule has 4 nitrogen and oxygen atoms in total. The number of hydrogen-bond acceptors (Lipinski definition) is 4. The standard InChI is InChI=1S/C14H23N3O/c1-4-18-14-10(2)13(15-9-16-14)17-11(3)12-7-5-6-8-12/h9,11-12H,4-8H2,1-3H3,(H,15,16,17). The molecule has 1 saturated carbocycles. The molecule has 4 heteroatoms. The number of nitrogens with one attached hydrogen (secondary N) is 1. The van der Waals surface area contributed by atoms with Gasteiger partial charge in [0.05, 0.1) is 12.2 Å². The van der Waals surface area contributed by atoms with Gasteiger partial charge in [-0.1, -0.05) is 12.8 Å². The molecule has 0 radical (unpaired) electrons. The molecule has 1 N–H and O–H groups in total. The van der Waals surface area contributed by atoms with Gasteiger partial charge in [-0.2, -0.15) is 0 Å². The largest absolute Gasteiger partial charge is 0.478 e. The number of nitrogens with zero attached hydrogens (tertiary/aromatic N) is 2. The molecule has 1 fully saturated rings. The Bertz CT molecular complexity index is 389. The summed E-state index contributed by atoms with van der Waals surface area (Å²) in [5.74, 6) is 2.37. The molecule has 1 unspecified atom stereocenters. The maximum absolute atomic E-state index is 5.49. The fourth-order valence-corrected chi connectivity index (χ4v) is 2.65. The molecule has 1 atom stereocenters. The van der Waals surface area contributed by atoms with E-state index in [0.29, 0.717) is 18.5 Å². The second-order valence-electron chi connectivity index (χ2n) is 5.06. The van der Waals surface area contributed by atoms with Gasteiger partial charge >= 0.3 is 0 Å². The number of rotatable bonds is 5. The molecule has 1 aromatic heterocycles. The summed E-state index contributed by atoms with van der Waals surface area (Å²) >= 11 is 0. The van der Waals surface area contributed by atoms with Gasteiger partial charge in [0.15, 0.2) is 0 Å². The highest BCUT2D eigenvalue weighted by atomic mass is 16.5. The van der Waals surface area contributed by atoms with Crippen molar-refractivity contribution in [3.05, 3.63) is 11.9 Å². The van der Waals surface area contributed by atoms with Crippen molar-refractivity contribution in [2.75, 3.05) is 11.9 Å². The van der Waals surface area contributed by atoms with Gasteiger partial charge in [0.25, 0.3) is 0 Å². The predicted molar refractivity (Wildman–Crippen MR) is 73.0 cm³/mol. The molecule has 1 heterocycles. The minimum Gasteiger partial charge on any atom is -0.478 e. The summed E-state index contributed by atoms with van der Waals surface area (Å²) in [5, 5.41) is 3.52. The van der Waals surface area contributed by atoms with E-state index in [4.69, 9.17) is 4.74 Å². The van der Waals surface area contributed by atoms with Gasteiger partial charge in [-0.25, -0.2) is 9.97 Å². The molecular formula is C14H23N3O. The van der Waals surface area contributed by atoms with Crippen LogP contribution in [-0.2, 0) is 0 Å². The van der Waals surface area contributed by atoms with E-state index in [-0.39, 0.29) is 0 Å². The summed E-state index contributed by atoms with van der Waals surface area (Å²) in [7, 11) is 0. The second kappa shape index (κ2) is 6.03. The lowest BCUT2D eigenvalue weighted by Gasteiger charge is -2.22. The number of anilines is 1. The molecule has 18 heavy (non-hydrogen) atoms. The Kier molecular flexibility index (Phi) is 4.39. The van der Waals surface area contributed by atoms with Crippen LogP contribution in [0.5, 0.6) is 5.88 Å². The first kappa shape index (κ1) is 13.1. The van der Waals surface area contributed by atoms with E-state index < -0.39 is 0 Å². The van der Waals surface area contributed by atoms with E-state index in [1.165, 1.54) is 25.7 Å². The lowest BCUT2D eigenvalue weighted by atomic mass is 10.00. The smallest absolute Gasteiger partial charge is 0.221 e. The van der Waals surface area contributed by atoms with Gasteiger partial charge in [0.2, 0.25) is 5.88 Å². The maximum atomic E-state index is 5.49. The van der Waals surface area contributed by atoms with Crippen LogP contribution in [0.25, 0.3) is 0 Å². The van der Waals surface area contributed by atoms with Crippen LogP contribution in [0.15, 0.2) is 6.33 Å². The Labute approximate surface area is 109 Å². The van der Waals surface area contributed by atoms with Crippen LogP contribution in [0, 0.1) is 12.8 Å². The van der Waals surface area contributed by atoms with Crippen LogP contribution >= 0.6 is 0 Å². The lowest BCUT2D eigenvalue weighted by Crippen LogP contribution is -2.25. The van der Waals surface area contributed by atoms with Crippen molar-refractivity contribution < 1.29 is 4.74 Å². The van der Waals surface area contributed by atoms with Crippen molar-refractivity contribution in [1.82, 2.24) is 9.97 Å². The van der Waals surface area contributed by atoms with E-state index in [2.05, 4.69) is 22.2 Å². The zero-order chi connectivity index (χ0) is 13.0. The predicted octanol–water partition coefficient (Wildman–Crippen LogP) is 3.17. The van der Waals surface area contributed by atoms with E-state index in [1.807, 2.05) is 13.8 Å². The highest BCUT2D eigenvalue weighted by Crippen LogP contribution is 2.30. The second-order valence-corrected chi connectivity index (χ2v) is 5.06. The van der Waals surface area contributed by atoms with Gasteiger partial charge < -0.3 is 10.1 Å². The molecule has 0 aromatic carbocycles. The molecule has 1 aliphatic rings. The molecule has 2 rings (SSSR count). The van der Waals surface area contributed by atoms with Gasteiger partial charge in [-0.05, 0) is 39.5 Å². The fourth-order valence-electron chi connectivity index (χ4n) is 2.65. The SMILES string of the molecule is CCOc1ncnc(NC(C)C2CCCC2)c1C. The van der Waals surface area contributed by atoms with Crippen molar-refractivity contribution in [1.29, 1.82) is 0 Å². The van der Waals surface area contributed by atoms with Crippen molar-refractivity contribution in [3.63, 3.8) is 0 Å². The summed E-state index contributed by atoms with van der Waals surface area (Å²) in [6.45, 7) is 6.86. The van der Waals surface area contributed by atoms with Crippen LogP contribution < -0.4 is 10.1 Å². The number of aromatic nitrogens is 2. The Morgan fingerprint density at radius 3 is 2.78 bits per heavy atom. The van der Waals surface area contributed by atoms with E-state index >= 15 is 0 Å². The summed E-state index contributed by atoms with van der Waals surface area (Å²) in [6.07, 6.45) is 6.96. The van der Waals surface area contributed by atoms with Crippen LogP contribution in [0.3, 0.4) is 0 Å². The van der Waals surface area contributed by atoms with Crippen LogP contribution in [0.2, 0.25) is 0 Å². The van der Waals surface area contributed by atoms with E-state index in [9.17, 15) is 0 Å². The lowest BCUT2D eigenvalue weighted by molar-refractivity contribution is 0.323. The quantitative estimate of drug-likeness (QED) is 0.870. The van der Waals surface area contributed by atoms with Crippen molar-refractivity contribution in [2.24, 2.45) is 5.92 Å². The molecule has 0 saturated heterocycles. The van der Waals surface area contributed by atoms with E-state index in [0.717, 1.165) is 17.3 Å². The summed E-state index contributed by atoms with van der Waals surface area (Å²) in [6, 6.07) is 0.468. The first-order valence-electron chi connectivity index (χ1n) is 6.93. The number of ether oxygens (including phenoxy) is 1. The van der Waals surface area contributed by atoms with Crippen molar-refractivity contribution in [2.45, 2.75) is 52.5 Å². The van der Waals surface area contributed by atoms with Crippen LogP contribution in [0.4, 0.5) is 5.82 Å². The zero-order valence-electron chi connectivity index (χ0n) is 11.6. The molecule has 100 valence electrons. The van der Waals surface area contributed by atoms with Crippen LogP contribution in [0.1, 0.15) is 45.1 Å². The molecule has 1 aromatic rings. The monoisotopic (exact) mass is 249 g/mol. The third-order valence-electron chi connectivity index (χ3n) is 3.79. The van der Waals surface area contributed by atoms with Gasteiger partial charge in [-0.15, -0.1) is 0 Å². The highest BCUT2D eigenvalue weighted by molar-refractivity contribution is 5.48. The summed E-state index contributed by atoms with van der Waals surface area (Å²) < 4.78 is 5.49. The minimum absolute atomic E-state index is 0.468. The Hall–Kier alpha value is -1.32. The molecule has 0 amide bonds. The van der Waals surface area contributed by atoms with Crippen molar-refractivity contribution >= 4 is 5.82 Å². The Morgan fingerprint density at radius 1 is 1.39 bits per heavy atom. The Morgan fingerprint density at radius 2 is 2.11 bits per heavy atom. The molecule has 0 spiro atoms. The third-order valence-corrected chi connectivity index (χ3v) is 3.79. The first-order valence-corrected chi connectivity index (χ1v) is 6.93. The minimum atomic E-state index is 0.468. The summed E-state index contributed by atoms with van der Waals surface area (Å²) in [4.78, 5) is 8.49. The fraction of sp³-hybridized carbons (Fsp3) is 0.714.